The molecule has 8 nitrogen and oxygen atoms in total. The Hall–Kier alpha value is -1.49. The molecule has 3 N–H and O–H groups in total. The zero-order chi connectivity index (χ0) is 15.0. The van der Waals surface area contributed by atoms with Crippen molar-refractivity contribution in [1.82, 2.24) is 15.5 Å². The lowest BCUT2D eigenvalue weighted by Gasteiger charge is -2.25. The molecule has 1 saturated heterocycles. The van der Waals surface area contributed by atoms with Gasteiger partial charge in [0.2, 0.25) is 10.0 Å². The first kappa shape index (κ1) is 14.4. The first-order chi connectivity index (χ1) is 9.95. The molecular weight excluding hydrogens is 314 g/mol. The van der Waals surface area contributed by atoms with Crippen molar-refractivity contribution in [1.29, 1.82) is 0 Å². The molecule has 0 bridgehead atoms. The molecule has 1 aliphatic rings. The van der Waals surface area contributed by atoms with Crippen LogP contribution in [0.25, 0.3) is 10.8 Å². The summed E-state index contributed by atoms with van der Waals surface area (Å²) in [5.41, 5.74) is 0. The smallest absolute Gasteiger partial charge is 0.269 e. The van der Waals surface area contributed by atoms with Crippen LogP contribution in [0.4, 0.5) is 5.95 Å². The Kier molecular flexibility index (Phi) is 3.69. The Balaban J connectivity index is 1.90. The van der Waals surface area contributed by atoms with Crippen LogP contribution < -0.4 is 15.4 Å². The van der Waals surface area contributed by atoms with Crippen LogP contribution >= 0.6 is 11.3 Å². The number of nitrogens with zero attached hydrogens (tertiary/aromatic N) is 3. The molecule has 114 valence electrons. The van der Waals surface area contributed by atoms with E-state index in [0.29, 0.717) is 21.6 Å². The molecule has 2 aromatic heterocycles. The number of hydrogen-bond acceptors (Lipinski definition) is 8. The molecule has 0 aromatic carbocycles. The minimum atomic E-state index is -3.73. The van der Waals surface area contributed by atoms with Crippen LogP contribution in [0.15, 0.2) is 15.5 Å². The largest absolute Gasteiger partial charge is 0.336 e. The lowest BCUT2D eigenvalue weighted by molar-refractivity contribution is 0.428. The zero-order valence-electron chi connectivity index (χ0n) is 11.4. The SMILES string of the molecule is Cc1sc(-c2nc(N3CCNCC3)no2)cc1S(N)(=O)=O. The van der Waals surface area contributed by atoms with Gasteiger partial charge in [-0.05, 0) is 18.1 Å². The van der Waals surface area contributed by atoms with Crippen LogP contribution in [-0.4, -0.2) is 44.7 Å². The number of nitrogens with one attached hydrogen (secondary N) is 1. The van der Waals surface area contributed by atoms with Gasteiger partial charge in [0.25, 0.3) is 11.8 Å². The van der Waals surface area contributed by atoms with E-state index in [1.165, 1.54) is 17.4 Å². The van der Waals surface area contributed by atoms with E-state index in [1.807, 2.05) is 4.90 Å². The van der Waals surface area contributed by atoms with Crippen molar-refractivity contribution in [3.63, 3.8) is 0 Å². The molecule has 1 fully saturated rings. The summed E-state index contributed by atoms with van der Waals surface area (Å²) in [4.78, 5) is 7.66. The van der Waals surface area contributed by atoms with Gasteiger partial charge in [-0.2, -0.15) is 4.98 Å². The number of aryl methyl sites for hydroxylation is 1. The van der Waals surface area contributed by atoms with E-state index in [0.717, 1.165) is 26.2 Å². The second kappa shape index (κ2) is 5.37. The Morgan fingerprint density at radius 2 is 2.14 bits per heavy atom. The molecule has 0 radical (unpaired) electrons. The minimum Gasteiger partial charge on any atom is -0.336 e. The first-order valence-corrected chi connectivity index (χ1v) is 8.74. The van der Waals surface area contributed by atoms with Crippen molar-refractivity contribution in [2.75, 3.05) is 31.1 Å². The molecule has 0 spiro atoms. The number of anilines is 1. The topological polar surface area (TPSA) is 114 Å². The summed E-state index contributed by atoms with van der Waals surface area (Å²) < 4.78 is 28.1. The first-order valence-electron chi connectivity index (χ1n) is 6.38. The van der Waals surface area contributed by atoms with E-state index < -0.39 is 10.0 Å². The highest BCUT2D eigenvalue weighted by molar-refractivity contribution is 7.89. The van der Waals surface area contributed by atoms with Crippen molar-refractivity contribution >= 4 is 27.3 Å². The molecule has 0 atom stereocenters. The van der Waals surface area contributed by atoms with Gasteiger partial charge in [0.15, 0.2) is 0 Å². The summed E-state index contributed by atoms with van der Waals surface area (Å²) in [5, 5.41) is 12.4. The summed E-state index contributed by atoms with van der Waals surface area (Å²) in [6.45, 7) is 5.06. The minimum absolute atomic E-state index is 0.101. The molecule has 3 rings (SSSR count). The number of thiophene rings is 1. The third-order valence-electron chi connectivity index (χ3n) is 3.20. The second-order valence-electron chi connectivity index (χ2n) is 4.71. The number of rotatable bonds is 3. The van der Waals surface area contributed by atoms with Gasteiger partial charge in [0, 0.05) is 31.1 Å². The normalized spacial score (nSPS) is 16.4. The predicted molar refractivity (Wildman–Crippen MR) is 78.8 cm³/mol. The van der Waals surface area contributed by atoms with Crippen molar-refractivity contribution in [3.8, 4) is 10.8 Å². The summed E-state index contributed by atoms with van der Waals surface area (Å²) in [6, 6.07) is 1.48. The Bertz CT molecular complexity index is 746. The van der Waals surface area contributed by atoms with E-state index in [9.17, 15) is 8.42 Å². The van der Waals surface area contributed by atoms with Crippen molar-refractivity contribution in [2.45, 2.75) is 11.8 Å². The van der Waals surface area contributed by atoms with E-state index in [-0.39, 0.29) is 4.90 Å². The molecule has 0 unspecified atom stereocenters. The maximum Gasteiger partial charge on any atom is 0.269 e. The van der Waals surface area contributed by atoms with Gasteiger partial charge in [0.05, 0.1) is 9.77 Å². The van der Waals surface area contributed by atoms with E-state index in [4.69, 9.17) is 9.66 Å². The molecule has 0 aliphatic carbocycles. The highest BCUT2D eigenvalue weighted by Crippen LogP contribution is 2.32. The van der Waals surface area contributed by atoms with Crippen LogP contribution in [0.2, 0.25) is 0 Å². The van der Waals surface area contributed by atoms with Crippen molar-refractivity contribution in [2.24, 2.45) is 5.14 Å². The van der Waals surface area contributed by atoms with Gasteiger partial charge in [-0.3, -0.25) is 0 Å². The number of nitrogens with two attached hydrogens (primary N) is 1. The average molecular weight is 329 g/mol. The van der Waals surface area contributed by atoms with Crippen LogP contribution in [-0.2, 0) is 10.0 Å². The summed E-state index contributed by atoms with van der Waals surface area (Å²) in [6.07, 6.45) is 0. The van der Waals surface area contributed by atoms with E-state index in [2.05, 4.69) is 15.5 Å². The van der Waals surface area contributed by atoms with E-state index >= 15 is 0 Å². The lowest BCUT2D eigenvalue weighted by atomic mass is 10.4. The number of hydrogen-bond donors (Lipinski definition) is 2. The van der Waals surface area contributed by atoms with Crippen LogP contribution in [0, 0.1) is 6.92 Å². The maximum atomic E-state index is 11.5. The van der Waals surface area contributed by atoms with Gasteiger partial charge in [-0.15, -0.1) is 11.3 Å². The zero-order valence-corrected chi connectivity index (χ0v) is 13.0. The fraction of sp³-hybridized carbons (Fsp3) is 0.455. The number of piperazine rings is 1. The number of primary sulfonamides is 1. The van der Waals surface area contributed by atoms with Crippen LogP contribution in [0.5, 0.6) is 0 Å². The number of sulfonamides is 1. The molecule has 0 amide bonds. The Morgan fingerprint density at radius 1 is 1.43 bits per heavy atom. The quantitative estimate of drug-likeness (QED) is 0.824. The monoisotopic (exact) mass is 329 g/mol. The van der Waals surface area contributed by atoms with Crippen molar-refractivity contribution in [3.05, 3.63) is 10.9 Å². The summed E-state index contributed by atoms with van der Waals surface area (Å²) >= 11 is 1.27. The Labute approximate surface area is 126 Å². The van der Waals surface area contributed by atoms with E-state index in [1.54, 1.807) is 6.92 Å². The third-order valence-corrected chi connectivity index (χ3v) is 5.41. The second-order valence-corrected chi connectivity index (χ2v) is 7.50. The van der Waals surface area contributed by atoms with Crippen LogP contribution in [0.3, 0.4) is 0 Å². The fourth-order valence-corrected chi connectivity index (χ4v) is 4.23. The molecule has 3 heterocycles. The summed E-state index contributed by atoms with van der Waals surface area (Å²) in [5.74, 6) is 0.834. The predicted octanol–water partition coefficient (Wildman–Crippen LogP) is 0.164. The molecule has 10 heteroatoms. The molecule has 21 heavy (non-hydrogen) atoms. The third kappa shape index (κ3) is 2.93. The molecule has 1 aliphatic heterocycles. The van der Waals surface area contributed by atoms with Gasteiger partial charge in [0.1, 0.15) is 0 Å². The highest BCUT2D eigenvalue weighted by atomic mass is 32.2. The number of aromatic nitrogens is 2. The van der Waals surface area contributed by atoms with Crippen LogP contribution in [0.1, 0.15) is 4.88 Å². The Morgan fingerprint density at radius 3 is 2.76 bits per heavy atom. The van der Waals surface area contributed by atoms with Crippen molar-refractivity contribution < 1.29 is 12.9 Å². The summed E-state index contributed by atoms with van der Waals surface area (Å²) in [7, 11) is -3.73. The van der Waals surface area contributed by atoms with Gasteiger partial charge in [-0.1, -0.05) is 0 Å². The van der Waals surface area contributed by atoms with Gasteiger partial charge < -0.3 is 14.7 Å². The molecule has 0 saturated carbocycles. The fourth-order valence-electron chi connectivity index (χ4n) is 2.16. The standard InChI is InChI=1S/C11H15N5O3S2/c1-7-9(21(12,17)18)6-8(20-7)10-14-11(15-19-10)16-4-2-13-3-5-16/h6,13H,2-5H2,1H3,(H2,12,17,18). The molecular formula is C11H15N5O3S2. The maximum absolute atomic E-state index is 11.5. The average Bonchev–Trinajstić information content (AvgIpc) is 3.05. The van der Waals surface area contributed by atoms with Gasteiger partial charge in [-0.25, -0.2) is 13.6 Å². The van der Waals surface area contributed by atoms with Gasteiger partial charge >= 0.3 is 0 Å². The lowest BCUT2D eigenvalue weighted by Crippen LogP contribution is -2.44. The molecule has 2 aromatic rings. The highest BCUT2D eigenvalue weighted by Gasteiger charge is 2.21.